The third-order valence-corrected chi connectivity index (χ3v) is 3.73. The number of hydrogen-bond donors (Lipinski definition) is 2. The van der Waals surface area contributed by atoms with Gasteiger partial charge in [-0.05, 0) is 36.2 Å². The van der Waals surface area contributed by atoms with Crippen LogP contribution in [-0.2, 0) is 24.8 Å². The van der Waals surface area contributed by atoms with Crippen LogP contribution in [0.1, 0.15) is 32.2 Å². The van der Waals surface area contributed by atoms with E-state index in [1.165, 1.54) is 0 Å². The van der Waals surface area contributed by atoms with Crippen molar-refractivity contribution < 1.29 is 4.79 Å². The van der Waals surface area contributed by atoms with E-state index in [1.54, 1.807) is 13.8 Å². The molecule has 96 valence electrons. The first-order chi connectivity index (χ1) is 7.79. The predicted octanol–water partition coefficient (Wildman–Crippen LogP) is 1.10. The van der Waals surface area contributed by atoms with E-state index in [4.69, 9.17) is 5.73 Å². The lowest BCUT2D eigenvalue weighted by atomic mass is 10.1. The van der Waals surface area contributed by atoms with Crippen LogP contribution < -0.4 is 11.1 Å². The van der Waals surface area contributed by atoms with Crippen molar-refractivity contribution in [2.75, 3.05) is 0 Å². The number of carbonyl (C=O) groups excluding carboxylic acids is 1. The summed E-state index contributed by atoms with van der Waals surface area (Å²) in [6.45, 7) is 6.12. The molecule has 0 saturated heterocycles. The minimum atomic E-state index is -0.726. The Hall–Kier alpha value is -0.880. The molecule has 0 saturated carbocycles. The summed E-state index contributed by atoms with van der Waals surface area (Å²) in [7, 11) is 1.89. The number of hydrogen-bond acceptors (Lipinski definition) is 3. The molecule has 1 rings (SSSR count). The molecule has 6 heteroatoms. The topological polar surface area (TPSA) is 72.9 Å². The highest BCUT2D eigenvalue weighted by molar-refractivity contribution is 9.10. The molecule has 3 N–H and O–H groups in total. The fraction of sp³-hybridized carbons (Fsp3) is 0.636. The molecule has 1 amide bonds. The van der Waals surface area contributed by atoms with E-state index >= 15 is 0 Å². The molecule has 0 aromatic carbocycles. The Bertz CT molecular complexity index is 425. The smallest absolute Gasteiger partial charge is 0.237 e. The van der Waals surface area contributed by atoms with E-state index in [0.717, 1.165) is 22.3 Å². The summed E-state index contributed by atoms with van der Waals surface area (Å²) in [5, 5.41) is 7.52. The summed E-state index contributed by atoms with van der Waals surface area (Å²) in [6.07, 6.45) is 0.869. The average Bonchev–Trinajstić information content (AvgIpc) is 2.51. The Morgan fingerprint density at radius 2 is 2.18 bits per heavy atom. The van der Waals surface area contributed by atoms with Crippen LogP contribution in [0.4, 0.5) is 0 Å². The molecule has 0 radical (unpaired) electrons. The maximum atomic E-state index is 11.2. The largest absolute Gasteiger partial charge is 0.368 e. The molecule has 0 bridgehead atoms. The van der Waals surface area contributed by atoms with Gasteiger partial charge in [0.2, 0.25) is 5.91 Å². The third-order valence-electron chi connectivity index (χ3n) is 2.82. The number of rotatable bonds is 5. The number of aryl methyl sites for hydroxylation is 2. The summed E-state index contributed by atoms with van der Waals surface area (Å²) < 4.78 is 2.81. The maximum Gasteiger partial charge on any atom is 0.237 e. The second-order valence-electron chi connectivity index (χ2n) is 4.53. The number of aromatic nitrogens is 2. The van der Waals surface area contributed by atoms with Gasteiger partial charge in [-0.25, -0.2) is 0 Å². The number of nitrogens with one attached hydrogen (secondary N) is 1. The van der Waals surface area contributed by atoms with Crippen LogP contribution in [-0.4, -0.2) is 21.2 Å². The molecule has 0 aliphatic rings. The summed E-state index contributed by atoms with van der Waals surface area (Å²) in [4.78, 5) is 11.2. The molecule has 0 atom stereocenters. The lowest BCUT2D eigenvalue weighted by Crippen LogP contribution is -2.50. The Morgan fingerprint density at radius 1 is 1.59 bits per heavy atom. The first-order valence-electron chi connectivity index (χ1n) is 5.54. The van der Waals surface area contributed by atoms with Crippen molar-refractivity contribution >= 4 is 21.8 Å². The first kappa shape index (κ1) is 14.2. The fourth-order valence-corrected chi connectivity index (χ4v) is 2.16. The number of carbonyl (C=O) groups is 1. The summed E-state index contributed by atoms with van der Waals surface area (Å²) in [5.74, 6) is -0.369. The van der Waals surface area contributed by atoms with Crippen LogP contribution >= 0.6 is 15.9 Å². The lowest BCUT2D eigenvalue weighted by Gasteiger charge is -2.22. The number of nitrogens with zero attached hydrogens (tertiary/aromatic N) is 2. The molecule has 5 nitrogen and oxygen atoms in total. The van der Waals surface area contributed by atoms with Gasteiger partial charge in [0.05, 0.1) is 21.4 Å². The van der Waals surface area contributed by atoms with Gasteiger partial charge in [-0.15, -0.1) is 0 Å². The van der Waals surface area contributed by atoms with Crippen LogP contribution in [0.25, 0.3) is 0 Å². The Kier molecular flexibility index (Phi) is 4.32. The zero-order valence-electron chi connectivity index (χ0n) is 10.7. The normalized spacial score (nSPS) is 11.8. The standard InChI is InChI=1S/C11H19BrN4O/c1-5-7-9(12)8(16(4)15-7)6-14-11(2,3)10(13)17/h14H,5-6H2,1-4H3,(H2,13,17). The van der Waals surface area contributed by atoms with E-state index in [1.807, 2.05) is 11.7 Å². The van der Waals surface area contributed by atoms with Crippen molar-refractivity contribution in [3.63, 3.8) is 0 Å². The number of nitrogens with two attached hydrogens (primary N) is 1. The molecule has 1 heterocycles. The van der Waals surface area contributed by atoms with E-state index in [9.17, 15) is 4.79 Å². The highest BCUT2D eigenvalue weighted by Crippen LogP contribution is 2.21. The van der Waals surface area contributed by atoms with E-state index < -0.39 is 5.54 Å². The number of halogens is 1. The molecule has 1 aromatic rings. The number of amides is 1. The molecule has 1 aromatic heterocycles. The second-order valence-corrected chi connectivity index (χ2v) is 5.32. The van der Waals surface area contributed by atoms with Crippen LogP contribution in [0.2, 0.25) is 0 Å². The molecular formula is C11H19BrN4O. The van der Waals surface area contributed by atoms with Gasteiger partial charge in [0.15, 0.2) is 0 Å². The van der Waals surface area contributed by atoms with Crippen molar-refractivity contribution in [1.82, 2.24) is 15.1 Å². The van der Waals surface area contributed by atoms with Crippen molar-refractivity contribution in [2.45, 2.75) is 39.3 Å². The van der Waals surface area contributed by atoms with Gasteiger partial charge < -0.3 is 5.73 Å². The van der Waals surface area contributed by atoms with Crippen molar-refractivity contribution in [3.8, 4) is 0 Å². The van der Waals surface area contributed by atoms with Crippen molar-refractivity contribution in [3.05, 3.63) is 15.9 Å². The summed E-state index contributed by atoms with van der Waals surface area (Å²) >= 11 is 3.53. The molecular weight excluding hydrogens is 284 g/mol. The van der Waals surface area contributed by atoms with Crippen LogP contribution in [0.3, 0.4) is 0 Å². The van der Waals surface area contributed by atoms with Crippen molar-refractivity contribution in [1.29, 1.82) is 0 Å². The van der Waals surface area contributed by atoms with E-state index in [0.29, 0.717) is 6.54 Å². The molecule has 0 fully saturated rings. The van der Waals surface area contributed by atoms with Gasteiger partial charge in [-0.1, -0.05) is 6.92 Å². The molecule has 0 spiro atoms. The monoisotopic (exact) mass is 302 g/mol. The number of primary amides is 1. The average molecular weight is 303 g/mol. The molecule has 0 aliphatic heterocycles. The molecule has 0 unspecified atom stereocenters. The van der Waals surface area contributed by atoms with Gasteiger partial charge in [-0.3, -0.25) is 14.8 Å². The fourth-order valence-electron chi connectivity index (χ4n) is 1.40. The predicted molar refractivity (Wildman–Crippen MR) is 70.4 cm³/mol. The van der Waals surface area contributed by atoms with Crippen LogP contribution in [0.5, 0.6) is 0 Å². The summed E-state index contributed by atoms with van der Waals surface area (Å²) in [5.41, 5.74) is 6.61. The zero-order chi connectivity index (χ0) is 13.2. The first-order valence-corrected chi connectivity index (χ1v) is 6.34. The maximum absolute atomic E-state index is 11.2. The molecule has 17 heavy (non-hydrogen) atoms. The van der Waals surface area contributed by atoms with Gasteiger partial charge >= 0.3 is 0 Å². The second kappa shape index (κ2) is 5.18. The van der Waals surface area contributed by atoms with Gasteiger partial charge in [0, 0.05) is 13.6 Å². The highest BCUT2D eigenvalue weighted by Gasteiger charge is 2.25. The highest BCUT2D eigenvalue weighted by atomic mass is 79.9. The Labute approximate surface area is 110 Å². The Morgan fingerprint density at radius 3 is 2.59 bits per heavy atom. The minimum Gasteiger partial charge on any atom is -0.368 e. The van der Waals surface area contributed by atoms with Crippen LogP contribution in [0, 0.1) is 0 Å². The Balaban J connectivity index is 2.83. The van der Waals surface area contributed by atoms with Gasteiger partial charge in [0.1, 0.15) is 0 Å². The SMILES string of the molecule is CCc1nn(C)c(CNC(C)(C)C(N)=O)c1Br. The lowest BCUT2D eigenvalue weighted by molar-refractivity contribution is -0.123. The van der Waals surface area contributed by atoms with Crippen LogP contribution in [0.15, 0.2) is 4.47 Å². The third kappa shape index (κ3) is 3.07. The van der Waals surface area contributed by atoms with Gasteiger partial charge in [-0.2, -0.15) is 5.10 Å². The summed E-state index contributed by atoms with van der Waals surface area (Å²) in [6, 6.07) is 0. The van der Waals surface area contributed by atoms with E-state index in [-0.39, 0.29) is 5.91 Å². The molecule has 0 aliphatic carbocycles. The quantitative estimate of drug-likeness (QED) is 0.855. The zero-order valence-corrected chi connectivity index (χ0v) is 12.3. The van der Waals surface area contributed by atoms with Gasteiger partial charge in [0.25, 0.3) is 0 Å². The van der Waals surface area contributed by atoms with Crippen molar-refractivity contribution in [2.24, 2.45) is 12.8 Å². The minimum absolute atomic E-state index is 0.369. The van der Waals surface area contributed by atoms with E-state index in [2.05, 4.69) is 33.3 Å².